The predicted octanol–water partition coefficient (Wildman–Crippen LogP) is 1.23. The smallest absolute Gasteiger partial charge is 0.342 e. The third-order valence-corrected chi connectivity index (χ3v) is 8.36. The van der Waals surface area contributed by atoms with Crippen LogP contribution in [0.3, 0.4) is 0 Å². The number of fused-ring (bicyclic) bond motifs is 1. The van der Waals surface area contributed by atoms with Gasteiger partial charge in [0.1, 0.15) is 11.8 Å². The summed E-state index contributed by atoms with van der Waals surface area (Å²) in [7, 11) is -4.07. The second-order valence-electron chi connectivity index (χ2n) is 10.1. The van der Waals surface area contributed by atoms with E-state index in [1.165, 1.54) is 19.1 Å². The summed E-state index contributed by atoms with van der Waals surface area (Å²) in [5.74, 6) is -12.8. The molecule has 2 unspecified atom stereocenters. The van der Waals surface area contributed by atoms with Crippen molar-refractivity contribution in [3.05, 3.63) is 48.1 Å². The van der Waals surface area contributed by atoms with E-state index in [1.807, 2.05) is 0 Å². The van der Waals surface area contributed by atoms with E-state index in [2.05, 4.69) is 20.0 Å². The molecule has 1 aromatic carbocycles. The molecule has 0 amide bonds. The minimum Gasteiger partial charge on any atom is -0.481 e. The lowest BCUT2D eigenvalue weighted by molar-refractivity contribution is -0.313. The number of carbonyl (C=O) groups excluding carboxylic acids is 1. The summed E-state index contributed by atoms with van der Waals surface area (Å²) >= 11 is 0. The normalized spacial score (nSPS) is 20.3. The highest BCUT2D eigenvalue weighted by Crippen LogP contribution is 2.45. The molecule has 0 radical (unpaired) electrons. The molecule has 48 heavy (non-hydrogen) atoms. The lowest BCUT2D eigenvalue weighted by Gasteiger charge is -2.26. The zero-order chi connectivity index (χ0) is 35.4. The van der Waals surface area contributed by atoms with Crippen molar-refractivity contribution in [3.8, 4) is 5.75 Å². The average molecular weight is 696 g/mol. The molecule has 7 N–H and O–H groups in total. The topological polar surface area (TPSA) is 282 Å². The molecule has 4 rings (SSSR count). The van der Waals surface area contributed by atoms with Gasteiger partial charge in [-0.25, -0.2) is 9.88 Å². The first-order valence-electron chi connectivity index (χ1n) is 13.8. The van der Waals surface area contributed by atoms with Crippen molar-refractivity contribution in [1.82, 2.24) is 15.1 Å². The van der Waals surface area contributed by atoms with Crippen molar-refractivity contribution in [3.63, 3.8) is 0 Å². The van der Waals surface area contributed by atoms with Gasteiger partial charge in [0, 0.05) is 6.08 Å². The molecule has 19 nitrogen and oxygen atoms in total. The summed E-state index contributed by atoms with van der Waals surface area (Å²) in [5, 5.41) is 41.7. The SMILES string of the molecule is CCOC(=O)[C@H](C)N[P@](=O)(CO[C@@H]1C=C(F)C(=[N+]2C=Nc3c(N)nc(C(C(=O)O)C(O)(CC(=O)O)C(=O)O)nc32)O1)Oc1ccccc1. The monoisotopic (exact) mass is 695 g/mol. The molecule has 0 fully saturated rings. The first-order chi connectivity index (χ1) is 22.6. The molecule has 1 aromatic heterocycles. The molecule has 2 aliphatic rings. The van der Waals surface area contributed by atoms with E-state index in [1.54, 1.807) is 25.1 Å². The second-order valence-corrected chi connectivity index (χ2v) is 12.2. The molecule has 0 saturated heterocycles. The Labute approximate surface area is 269 Å². The molecule has 0 bridgehead atoms. The summed E-state index contributed by atoms with van der Waals surface area (Å²) < 4.78 is 51.5. The van der Waals surface area contributed by atoms with E-state index in [0.29, 0.717) is 0 Å². The first-order valence-corrected chi connectivity index (χ1v) is 15.6. The minimum absolute atomic E-state index is 0.0600. The number of rotatable bonds is 15. The maximum atomic E-state index is 15.3. The number of carboxylic acids is 3. The quantitative estimate of drug-likeness (QED) is 0.0868. The maximum Gasteiger partial charge on any atom is 0.342 e. The van der Waals surface area contributed by atoms with Gasteiger partial charge in [0.05, 0.1) is 13.0 Å². The van der Waals surface area contributed by atoms with Gasteiger partial charge in [-0.15, -0.1) is 0 Å². The van der Waals surface area contributed by atoms with Crippen LogP contribution < -0.4 is 15.3 Å². The van der Waals surface area contributed by atoms with E-state index in [-0.39, 0.29) is 18.0 Å². The Morgan fingerprint density at radius 2 is 1.88 bits per heavy atom. The molecular weight excluding hydrogens is 666 g/mol. The number of aliphatic hydroxyl groups is 1. The molecule has 5 atom stereocenters. The largest absolute Gasteiger partial charge is 0.481 e. The number of ether oxygens (including phenoxy) is 3. The van der Waals surface area contributed by atoms with Crippen molar-refractivity contribution in [2.24, 2.45) is 4.99 Å². The van der Waals surface area contributed by atoms with Crippen LogP contribution in [0.5, 0.6) is 5.75 Å². The standard InChI is InChI=1S/C27H28FN6O13P/c1-3-44-25(39)13(2)33-48(43,47-14-7-5-4-6-8-14)12-45-17-9-15(28)23(46-17)34-11-30-19-20(29)31-21(32-22(19)34)18(24(37)38)27(42,26(40)41)10-16(35)36/h4-9,11,13,17-18,42H,3,10,12H2,1-2H3,(H5-,29,31,32,33,35,36,37,38,40,41,43)/p+1/t13-,17-,18?,27?,48-/m0/s1. The van der Waals surface area contributed by atoms with Gasteiger partial charge in [-0.05, 0) is 26.0 Å². The summed E-state index contributed by atoms with van der Waals surface area (Å²) in [5.41, 5.74) is 2.23. The molecular formula is C27H29FN6O13P+. The van der Waals surface area contributed by atoms with Gasteiger partial charge >= 0.3 is 43.1 Å². The molecule has 2 aromatic rings. The van der Waals surface area contributed by atoms with Crippen molar-refractivity contribution in [1.29, 1.82) is 0 Å². The number of benzene rings is 1. The number of nitrogen functional groups attached to an aromatic ring is 1. The van der Waals surface area contributed by atoms with Crippen LogP contribution in [-0.2, 0) is 38.0 Å². The number of carbonyl (C=O) groups is 4. The zero-order valence-electron chi connectivity index (χ0n) is 25.0. The number of aliphatic carboxylic acids is 3. The molecule has 0 saturated carbocycles. The first kappa shape index (κ1) is 35.6. The van der Waals surface area contributed by atoms with Crippen LogP contribution in [0.25, 0.3) is 0 Å². The van der Waals surface area contributed by atoms with Crippen LogP contribution in [0.1, 0.15) is 32.0 Å². The lowest BCUT2D eigenvalue weighted by atomic mass is 9.83. The molecule has 2 aliphatic heterocycles. The Morgan fingerprint density at radius 3 is 2.48 bits per heavy atom. The fourth-order valence-corrected chi connectivity index (χ4v) is 6.13. The summed E-state index contributed by atoms with van der Waals surface area (Å²) in [4.78, 5) is 59.1. The van der Waals surface area contributed by atoms with Crippen LogP contribution in [0.2, 0.25) is 0 Å². The Bertz CT molecular complexity index is 1770. The number of aromatic nitrogens is 2. The number of nitrogens with one attached hydrogen (secondary N) is 1. The minimum atomic E-state index is -4.07. The van der Waals surface area contributed by atoms with Crippen molar-refractivity contribution in [2.75, 3.05) is 18.7 Å². The lowest BCUT2D eigenvalue weighted by Crippen LogP contribution is -2.50. The number of aliphatic imine (C=N–C) groups is 1. The molecule has 3 heterocycles. The van der Waals surface area contributed by atoms with Gasteiger partial charge in [0.15, 0.2) is 23.7 Å². The number of anilines is 1. The Morgan fingerprint density at radius 1 is 1.19 bits per heavy atom. The summed E-state index contributed by atoms with van der Waals surface area (Å²) in [6.45, 7) is 3.03. The van der Waals surface area contributed by atoms with E-state index in [0.717, 1.165) is 17.0 Å². The average Bonchev–Trinajstić information content (AvgIpc) is 3.59. The molecule has 0 spiro atoms. The fraction of sp³-hybridized carbons (Fsp3) is 0.333. The zero-order valence-corrected chi connectivity index (χ0v) is 25.9. The Hall–Kier alpha value is -5.30. The van der Waals surface area contributed by atoms with Crippen LogP contribution in [0.15, 0.2) is 47.2 Å². The van der Waals surface area contributed by atoms with Gasteiger partial charge in [-0.3, -0.25) is 18.9 Å². The number of carboxylic acid groups (broad SMARTS) is 3. The number of para-hydroxylation sites is 1. The molecule has 0 aliphatic carbocycles. The third kappa shape index (κ3) is 7.63. The van der Waals surface area contributed by atoms with Gasteiger partial charge < -0.3 is 44.9 Å². The van der Waals surface area contributed by atoms with E-state index in [4.69, 9.17) is 29.6 Å². The molecule has 21 heteroatoms. The predicted molar refractivity (Wildman–Crippen MR) is 159 cm³/mol. The van der Waals surface area contributed by atoms with E-state index in [9.17, 15) is 39.1 Å². The maximum absolute atomic E-state index is 15.3. The number of nitrogens with zero attached hydrogens (tertiary/aromatic N) is 4. The van der Waals surface area contributed by atoms with Crippen molar-refractivity contribution in [2.45, 2.75) is 44.1 Å². The summed E-state index contributed by atoms with van der Waals surface area (Å²) in [6, 6.07) is 6.80. The third-order valence-electron chi connectivity index (χ3n) is 6.58. The van der Waals surface area contributed by atoms with Gasteiger partial charge in [-0.1, -0.05) is 28.2 Å². The Balaban J connectivity index is 1.63. The van der Waals surface area contributed by atoms with Gasteiger partial charge in [-0.2, -0.15) is 13.9 Å². The number of nitrogens with two attached hydrogens (primary N) is 1. The second kappa shape index (κ2) is 14.2. The highest BCUT2D eigenvalue weighted by molar-refractivity contribution is 7.57. The van der Waals surface area contributed by atoms with E-state index >= 15 is 4.39 Å². The molecule has 256 valence electrons. The number of hydrogen-bond acceptors (Lipinski definition) is 14. The summed E-state index contributed by atoms with van der Waals surface area (Å²) in [6.07, 6.45) is -2.09. The van der Waals surface area contributed by atoms with E-state index < -0.39 is 97.2 Å². The van der Waals surface area contributed by atoms with Crippen molar-refractivity contribution < 1.29 is 71.9 Å². The highest BCUT2D eigenvalue weighted by Gasteiger charge is 2.54. The Kier molecular flexibility index (Phi) is 10.5. The number of esters is 1. The highest BCUT2D eigenvalue weighted by atomic mass is 31.2. The van der Waals surface area contributed by atoms with Crippen LogP contribution in [0, 0.1) is 0 Å². The van der Waals surface area contributed by atoms with Crippen LogP contribution in [0.4, 0.5) is 21.7 Å². The fourth-order valence-electron chi connectivity index (χ4n) is 4.45. The number of hydrogen-bond donors (Lipinski definition) is 6. The van der Waals surface area contributed by atoms with Crippen LogP contribution in [-0.4, -0.2) is 102 Å². The van der Waals surface area contributed by atoms with Crippen LogP contribution >= 0.6 is 7.52 Å². The van der Waals surface area contributed by atoms with Gasteiger partial charge in [0.2, 0.25) is 24.3 Å². The van der Waals surface area contributed by atoms with Gasteiger partial charge in [0.25, 0.3) is 5.69 Å². The number of halogens is 1. The van der Waals surface area contributed by atoms with Crippen molar-refractivity contribution >= 4 is 61.0 Å².